The van der Waals surface area contributed by atoms with Crippen molar-refractivity contribution in [2.75, 3.05) is 0 Å². The lowest BCUT2D eigenvalue weighted by Crippen LogP contribution is -2.00. The highest BCUT2D eigenvalue weighted by Gasteiger charge is 2.16. The largest absolute Gasteiger partial charge is 0.455 e. The molecule has 180 valence electrons. The number of fused-ring (bicyclic) bond motifs is 3. The van der Waals surface area contributed by atoms with E-state index in [0.29, 0.717) is 22.5 Å². The zero-order valence-electron chi connectivity index (χ0n) is 20.2. The van der Waals surface area contributed by atoms with Crippen molar-refractivity contribution in [2.24, 2.45) is 0 Å². The molecule has 0 saturated heterocycles. The van der Waals surface area contributed by atoms with E-state index in [9.17, 15) is 0 Å². The van der Waals surface area contributed by atoms with Crippen LogP contribution in [0.2, 0.25) is 5.02 Å². The van der Waals surface area contributed by atoms with E-state index in [2.05, 4.69) is 18.2 Å². The highest BCUT2D eigenvalue weighted by Crippen LogP contribution is 2.38. The average Bonchev–Trinajstić information content (AvgIpc) is 3.36. The van der Waals surface area contributed by atoms with Gasteiger partial charge in [-0.2, -0.15) is 0 Å². The van der Waals surface area contributed by atoms with Crippen LogP contribution in [0.5, 0.6) is 0 Å². The van der Waals surface area contributed by atoms with Gasteiger partial charge in [0.1, 0.15) is 11.2 Å². The second kappa shape index (κ2) is 9.25. The first-order valence-corrected chi connectivity index (χ1v) is 12.7. The van der Waals surface area contributed by atoms with Gasteiger partial charge in [0.15, 0.2) is 17.5 Å². The van der Waals surface area contributed by atoms with Gasteiger partial charge in [-0.25, -0.2) is 15.0 Å². The number of nitrogens with zero attached hydrogens (tertiary/aromatic N) is 3. The molecule has 7 aromatic rings. The summed E-state index contributed by atoms with van der Waals surface area (Å²) in [5.41, 5.74) is 6.42. The molecule has 0 spiro atoms. The Balaban J connectivity index is 1.42. The van der Waals surface area contributed by atoms with Crippen LogP contribution in [-0.4, -0.2) is 15.0 Å². The van der Waals surface area contributed by atoms with Gasteiger partial charge in [0.05, 0.1) is 0 Å². The normalized spacial score (nSPS) is 11.3. The Hall–Kier alpha value is -4.80. The van der Waals surface area contributed by atoms with Crippen LogP contribution in [0.1, 0.15) is 0 Å². The number of halogens is 1. The number of aromatic nitrogens is 3. The first-order chi connectivity index (χ1) is 18.7. The number of furan rings is 1. The summed E-state index contributed by atoms with van der Waals surface area (Å²) in [4.78, 5) is 14.6. The topological polar surface area (TPSA) is 51.8 Å². The zero-order valence-corrected chi connectivity index (χ0v) is 20.9. The number of hydrogen-bond acceptors (Lipinski definition) is 4. The molecule has 0 aliphatic carbocycles. The van der Waals surface area contributed by atoms with Gasteiger partial charge in [0.2, 0.25) is 0 Å². The Kier molecular flexibility index (Phi) is 5.46. The molecule has 2 aromatic heterocycles. The van der Waals surface area contributed by atoms with Crippen LogP contribution in [0.25, 0.3) is 67.2 Å². The van der Waals surface area contributed by atoms with Gasteiger partial charge in [-0.05, 0) is 35.9 Å². The molecule has 38 heavy (non-hydrogen) atoms. The minimum Gasteiger partial charge on any atom is -0.455 e. The summed E-state index contributed by atoms with van der Waals surface area (Å²) in [6.07, 6.45) is 0. The van der Waals surface area contributed by atoms with Crippen LogP contribution in [0.3, 0.4) is 0 Å². The van der Waals surface area contributed by atoms with Crippen molar-refractivity contribution < 1.29 is 4.42 Å². The molecule has 0 fully saturated rings. The summed E-state index contributed by atoms with van der Waals surface area (Å²) in [6, 6.07) is 40.1. The van der Waals surface area contributed by atoms with E-state index in [0.717, 1.165) is 49.8 Å². The van der Waals surface area contributed by atoms with Crippen LogP contribution in [-0.2, 0) is 0 Å². The van der Waals surface area contributed by atoms with Gasteiger partial charge in [-0.15, -0.1) is 0 Å². The van der Waals surface area contributed by atoms with Crippen molar-refractivity contribution in [1.82, 2.24) is 15.0 Å². The molecule has 0 unspecified atom stereocenters. The summed E-state index contributed by atoms with van der Waals surface area (Å²) in [5.74, 6) is 1.88. The Morgan fingerprint density at radius 2 is 1.08 bits per heavy atom. The van der Waals surface area contributed by atoms with E-state index in [4.69, 9.17) is 31.0 Å². The van der Waals surface area contributed by atoms with Gasteiger partial charge < -0.3 is 4.42 Å². The smallest absolute Gasteiger partial charge is 0.164 e. The number of para-hydroxylation sites is 1. The molecule has 7 rings (SSSR count). The SMILES string of the molecule is Clc1cccc(-c2cccc3c2oc2ccc(-c4nc(-c5ccccc5)nc(-c5ccccc5)n4)cc23)c1. The minimum atomic E-state index is 0.611. The molecule has 5 aromatic carbocycles. The first-order valence-electron chi connectivity index (χ1n) is 12.3. The Morgan fingerprint density at radius 1 is 0.474 bits per heavy atom. The number of rotatable bonds is 4. The first kappa shape index (κ1) is 22.4. The van der Waals surface area contributed by atoms with Crippen molar-refractivity contribution in [3.8, 4) is 45.3 Å². The summed E-state index contributed by atoms with van der Waals surface area (Å²) in [7, 11) is 0. The average molecular weight is 510 g/mol. The van der Waals surface area contributed by atoms with Crippen molar-refractivity contribution >= 4 is 33.5 Å². The van der Waals surface area contributed by atoms with Gasteiger partial charge >= 0.3 is 0 Å². The second-order valence-corrected chi connectivity index (χ2v) is 9.48. The van der Waals surface area contributed by atoms with Gasteiger partial charge in [-0.1, -0.05) is 103 Å². The lowest BCUT2D eigenvalue weighted by Gasteiger charge is -2.08. The third-order valence-corrected chi connectivity index (χ3v) is 6.83. The number of benzene rings is 5. The third kappa shape index (κ3) is 4.01. The Morgan fingerprint density at radius 3 is 1.74 bits per heavy atom. The second-order valence-electron chi connectivity index (χ2n) is 9.04. The maximum absolute atomic E-state index is 6.36. The molecule has 0 N–H and O–H groups in total. The molecule has 0 amide bonds. The maximum Gasteiger partial charge on any atom is 0.164 e. The minimum absolute atomic E-state index is 0.611. The van der Waals surface area contributed by atoms with Gasteiger partial charge in [-0.3, -0.25) is 0 Å². The molecule has 2 heterocycles. The highest BCUT2D eigenvalue weighted by atomic mass is 35.5. The molecular formula is C33H20ClN3O. The molecule has 0 bridgehead atoms. The van der Waals surface area contributed by atoms with Gasteiger partial charge in [0.25, 0.3) is 0 Å². The van der Waals surface area contributed by atoms with E-state index in [-0.39, 0.29) is 0 Å². The van der Waals surface area contributed by atoms with Crippen molar-refractivity contribution in [3.05, 3.63) is 126 Å². The monoisotopic (exact) mass is 509 g/mol. The van der Waals surface area contributed by atoms with Crippen molar-refractivity contribution in [3.63, 3.8) is 0 Å². The quantitative estimate of drug-likeness (QED) is 0.237. The Bertz CT molecular complexity index is 1870. The molecule has 0 saturated carbocycles. The summed E-state index contributed by atoms with van der Waals surface area (Å²) >= 11 is 6.28. The summed E-state index contributed by atoms with van der Waals surface area (Å²) < 4.78 is 6.36. The van der Waals surface area contributed by atoms with Crippen LogP contribution in [0.4, 0.5) is 0 Å². The Labute approximate surface area is 224 Å². The molecule has 0 radical (unpaired) electrons. The molecule has 4 nitrogen and oxygen atoms in total. The van der Waals surface area contributed by atoms with Crippen LogP contribution >= 0.6 is 11.6 Å². The fourth-order valence-corrected chi connectivity index (χ4v) is 4.95. The predicted octanol–water partition coefficient (Wildman–Crippen LogP) is 9.09. The van der Waals surface area contributed by atoms with Crippen LogP contribution < -0.4 is 0 Å². The van der Waals surface area contributed by atoms with E-state index in [1.807, 2.05) is 103 Å². The molecule has 0 aliphatic rings. The molecule has 0 aliphatic heterocycles. The number of hydrogen-bond donors (Lipinski definition) is 0. The fraction of sp³-hybridized carbons (Fsp3) is 0. The molecule has 0 atom stereocenters. The highest BCUT2D eigenvalue weighted by molar-refractivity contribution is 6.31. The fourth-order valence-electron chi connectivity index (χ4n) is 4.76. The predicted molar refractivity (Wildman–Crippen MR) is 154 cm³/mol. The third-order valence-electron chi connectivity index (χ3n) is 6.59. The van der Waals surface area contributed by atoms with E-state index in [1.165, 1.54) is 0 Å². The van der Waals surface area contributed by atoms with Crippen molar-refractivity contribution in [1.29, 1.82) is 0 Å². The van der Waals surface area contributed by atoms with Crippen molar-refractivity contribution in [2.45, 2.75) is 0 Å². The lowest BCUT2D eigenvalue weighted by atomic mass is 10.0. The lowest BCUT2D eigenvalue weighted by molar-refractivity contribution is 0.670. The zero-order chi connectivity index (χ0) is 25.5. The van der Waals surface area contributed by atoms with E-state index < -0.39 is 0 Å². The van der Waals surface area contributed by atoms with Gasteiger partial charge in [0, 0.05) is 38.0 Å². The molecule has 5 heteroatoms. The molecular weight excluding hydrogens is 490 g/mol. The van der Waals surface area contributed by atoms with E-state index in [1.54, 1.807) is 0 Å². The maximum atomic E-state index is 6.36. The van der Waals surface area contributed by atoms with Crippen LogP contribution in [0.15, 0.2) is 126 Å². The van der Waals surface area contributed by atoms with E-state index >= 15 is 0 Å². The summed E-state index contributed by atoms with van der Waals surface area (Å²) in [5, 5.41) is 2.72. The standard InChI is InChI=1S/C33H20ClN3O/c34-25-14-7-13-23(19-25)26-15-8-16-27-28-20-24(17-18-29(28)38-30(26)27)33-36-31(21-9-3-1-4-10-21)35-32(37-33)22-11-5-2-6-12-22/h1-20H. The summed E-state index contributed by atoms with van der Waals surface area (Å²) in [6.45, 7) is 0. The van der Waals surface area contributed by atoms with Crippen LogP contribution in [0, 0.1) is 0 Å².